The van der Waals surface area contributed by atoms with Crippen molar-refractivity contribution in [2.24, 2.45) is 0 Å². The van der Waals surface area contributed by atoms with E-state index in [1.54, 1.807) is 0 Å². The third kappa shape index (κ3) is 8.56. The van der Waals surface area contributed by atoms with E-state index in [9.17, 15) is 0 Å². The van der Waals surface area contributed by atoms with Crippen molar-refractivity contribution in [1.29, 1.82) is 0 Å². The Balaban J connectivity index is 1.17. The molecule has 6 nitrogen and oxygen atoms in total. The van der Waals surface area contributed by atoms with Crippen LogP contribution in [0.2, 0.25) is 50.2 Å². The third-order valence-electron chi connectivity index (χ3n) is 11.1. The summed E-state index contributed by atoms with van der Waals surface area (Å²) in [5, 5.41) is 17.5. The minimum absolute atomic E-state index is 0.000292. The van der Waals surface area contributed by atoms with Crippen LogP contribution in [0.3, 0.4) is 0 Å². The lowest BCUT2D eigenvalue weighted by Crippen LogP contribution is -1.94. The normalized spacial score (nSPS) is 11.4. The van der Waals surface area contributed by atoms with Gasteiger partial charge in [0.25, 0.3) is 11.8 Å². The summed E-state index contributed by atoms with van der Waals surface area (Å²) in [6.45, 7) is 0. The minimum atomic E-state index is -0.00131. The number of halogens is 10. The SMILES string of the molecule is Clc1c(Cl)c(Cl)c(-c2nnc(-c3ccc(-c4ccc(-c5nnc(-c6c(Cl)c(Cl)c(Cl)c(Cl)c6Cl)o5)cc4-c4ccccc4-c4ccccc4)c(-c4ccc(-c5ccccc5)cc4)c3)o2)c(Cl)c1Cl. The maximum Gasteiger partial charge on any atom is 0.251 e. The van der Waals surface area contributed by atoms with Crippen LogP contribution in [0, 0.1) is 0 Å². The number of hydrogen-bond acceptors (Lipinski definition) is 6. The molecule has 0 aliphatic rings. The maximum atomic E-state index is 6.62. The summed E-state index contributed by atoms with van der Waals surface area (Å²) < 4.78 is 12.5. The van der Waals surface area contributed by atoms with Gasteiger partial charge in [0, 0.05) is 11.1 Å². The first-order valence-electron chi connectivity index (χ1n) is 20.2. The Morgan fingerprint density at radius 2 is 0.544 bits per heavy atom. The second-order valence-electron chi connectivity index (χ2n) is 15.1. The molecule has 16 heteroatoms. The quantitative estimate of drug-likeness (QED) is 0.106. The molecule has 0 aliphatic heterocycles. The van der Waals surface area contributed by atoms with E-state index in [1.165, 1.54) is 0 Å². The number of benzene rings is 8. The molecule has 0 N–H and O–H groups in total. The summed E-state index contributed by atoms with van der Waals surface area (Å²) >= 11 is 64.7. The molecular formula is C52H24Cl10N4O2. The standard InChI is InChI=1S/C52H24Cl10N4O2/c53-39-37(40(54)44(58)47(61)43(39)57)51-65-63-49(67-51)29-19-21-33(35(23-29)28-17-15-26(16-18-28)25-9-3-1-4-10-25)34-22-20-30(24-36(34)32-14-8-7-13-31(32)27-11-5-2-6-12-27)50-64-66-52(68-50)38-41(55)45(59)48(62)46(60)42(38)56/h1-24H. The van der Waals surface area contributed by atoms with Crippen LogP contribution < -0.4 is 0 Å². The van der Waals surface area contributed by atoms with Gasteiger partial charge in [-0.05, 0) is 79.9 Å². The first kappa shape index (κ1) is 46.7. The van der Waals surface area contributed by atoms with E-state index in [0.717, 1.165) is 55.6 Å². The predicted octanol–water partition coefficient (Wildman–Crippen LogP) is 20.0. The fourth-order valence-electron chi connectivity index (χ4n) is 7.81. The van der Waals surface area contributed by atoms with Crippen LogP contribution in [0.4, 0.5) is 0 Å². The summed E-state index contributed by atoms with van der Waals surface area (Å²) in [6, 6.07) is 48.7. The zero-order valence-electron chi connectivity index (χ0n) is 34.2. The van der Waals surface area contributed by atoms with Gasteiger partial charge in [0.05, 0.1) is 61.4 Å². The second-order valence-corrected chi connectivity index (χ2v) is 18.9. The molecule has 2 aromatic heterocycles. The monoisotopic (exact) mass is 1090 g/mol. The van der Waals surface area contributed by atoms with Gasteiger partial charge in [-0.15, -0.1) is 20.4 Å². The third-order valence-corrected chi connectivity index (χ3v) is 15.7. The lowest BCUT2D eigenvalue weighted by Gasteiger charge is -2.19. The first-order chi connectivity index (χ1) is 32.9. The van der Waals surface area contributed by atoms with Crippen LogP contribution in [0.5, 0.6) is 0 Å². The van der Waals surface area contributed by atoms with Crippen molar-refractivity contribution in [3.63, 3.8) is 0 Å². The van der Waals surface area contributed by atoms with E-state index < -0.39 is 0 Å². The molecule has 0 fully saturated rings. The van der Waals surface area contributed by atoms with Gasteiger partial charge in [0.15, 0.2) is 0 Å². The summed E-state index contributed by atoms with van der Waals surface area (Å²) in [4.78, 5) is 0. The Bertz CT molecular complexity index is 3520. The maximum absolute atomic E-state index is 6.62. The fourth-order valence-corrected chi connectivity index (χ4v) is 10.4. The molecule has 334 valence electrons. The lowest BCUT2D eigenvalue weighted by atomic mass is 9.85. The molecule has 10 aromatic rings. The van der Waals surface area contributed by atoms with Gasteiger partial charge >= 0.3 is 0 Å². The molecule has 0 atom stereocenters. The molecule has 0 unspecified atom stereocenters. The molecule has 0 bridgehead atoms. The zero-order valence-corrected chi connectivity index (χ0v) is 41.8. The molecule has 0 saturated heterocycles. The Labute approximate surface area is 438 Å². The van der Waals surface area contributed by atoms with E-state index in [0.29, 0.717) is 11.1 Å². The van der Waals surface area contributed by atoms with Crippen LogP contribution in [-0.4, -0.2) is 20.4 Å². The van der Waals surface area contributed by atoms with Crippen LogP contribution in [-0.2, 0) is 0 Å². The molecule has 0 radical (unpaired) electrons. The van der Waals surface area contributed by atoms with E-state index in [2.05, 4.69) is 81.1 Å². The van der Waals surface area contributed by atoms with Crippen molar-refractivity contribution in [2.75, 3.05) is 0 Å². The number of nitrogens with zero attached hydrogens (tertiary/aromatic N) is 4. The van der Waals surface area contributed by atoms with Crippen LogP contribution in [0.1, 0.15) is 0 Å². The van der Waals surface area contributed by atoms with E-state index in [4.69, 9.17) is 125 Å². The molecular weight excluding hydrogens is 1070 g/mol. The van der Waals surface area contributed by atoms with Crippen molar-refractivity contribution in [1.82, 2.24) is 20.4 Å². The van der Waals surface area contributed by atoms with Crippen LogP contribution in [0.25, 0.3) is 101 Å². The first-order valence-corrected chi connectivity index (χ1v) is 24.0. The average molecular weight is 1090 g/mol. The Kier molecular flexibility index (Phi) is 13.3. The Morgan fingerprint density at radius 3 is 1.03 bits per heavy atom. The number of rotatable bonds is 9. The smallest absolute Gasteiger partial charge is 0.251 e. The van der Waals surface area contributed by atoms with Gasteiger partial charge < -0.3 is 8.83 Å². The number of aromatic nitrogens is 4. The topological polar surface area (TPSA) is 77.8 Å². The molecule has 0 spiro atoms. The van der Waals surface area contributed by atoms with Gasteiger partial charge in [-0.25, -0.2) is 0 Å². The molecule has 68 heavy (non-hydrogen) atoms. The van der Waals surface area contributed by atoms with Crippen LogP contribution in [0.15, 0.2) is 154 Å². The molecule has 10 rings (SSSR count). The highest BCUT2D eigenvalue weighted by Crippen LogP contribution is 2.51. The molecule has 2 heterocycles. The van der Waals surface area contributed by atoms with Crippen molar-refractivity contribution in [3.8, 4) is 101 Å². The lowest BCUT2D eigenvalue weighted by molar-refractivity contribution is 0.584. The predicted molar refractivity (Wildman–Crippen MR) is 281 cm³/mol. The molecule has 8 aromatic carbocycles. The zero-order chi connectivity index (χ0) is 47.4. The van der Waals surface area contributed by atoms with E-state index >= 15 is 0 Å². The van der Waals surface area contributed by atoms with Gasteiger partial charge in [-0.3, -0.25) is 0 Å². The molecule has 0 aliphatic carbocycles. The summed E-state index contributed by atoms with van der Waals surface area (Å²) in [6.07, 6.45) is 0. The summed E-state index contributed by atoms with van der Waals surface area (Å²) in [7, 11) is 0. The summed E-state index contributed by atoms with van der Waals surface area (Å²) in [5.41, 5.74) is 11.0. The molecule has 0 saturated carbocycles. The van der Waals surface area contributed by atoms with E-state index in [-0.39, 0.29) is 84.9 Å². The van der Waals surface area contributed by atoms with Gasteiger partial charge in [-0.1, -0.05) is 237 Å². The second kappa shape index (κ2) is 19.4. The van der Waals surface area contributed by atoms with Gasteiger partial charge in [0.2, 0.25) is 11.8 Å². The van der Waals surface area contributed by atoms with Gasteiger partial charge in [0.1, 0.15) is 0 Å². The highest BCUT2D eigenvalue weighted by atomic mass is 35.5. The van der Waals surface area contributed by atoms with Crippen molar-refractivity contribution >= 4 is 116 Å². The van der Waals surface area contributed by atoms with Crippen molar-refractivity contribution < 1.29 is 8.83 Å². The Morgan fingerprint density at radius 1 is 0.235 bits per heavy atom. The van der Waals surface area contributed by atoms with Gasteiger partial charge in [-0.2, -0.15) is 0 Å². The van der Waals surface area contributed by atoms with Crippen molar-refractivity contribution in [3.05, 3.63) is 196 Å². The highest BCUT2D eigenvalue weighted by Gasteiger charge is 2.27. The number of hydrogen-bond donors (Lipinski definition) is 0. The van der Waals surface area contributed by atoms with Crippen molar-refractivity contribution in [2.45, 2.75) is 0 Å². The largest absolute Gasteiger partial charge is 0.416 e. The summed E-state index contributed by atoms with van der Waals surface area (Å²) in [5.74, 6) is 0.365. The van der Waals surface area contributed by atoms with E-state index in [1.807, 2.05) is 84.9 Å². The molecule has 0 amide bonds. The highest BCUT2D eigenvalue weighted by molar-refractivity contribution is 6.57. The Hall–Kier alpha value is -5.06. The average Bonchev–Trinajstić information content (AvgIpc) is 4.08. The fraction of sp³-hybridized carbons (Fsp3) is 0. The minimum Gasteiger partial charge on any atom is -0.416 e. The van der Waals surface area contributed by atoms with Crippen LogP contribution >= 0.6 is 116 Å².